The van der Waals surface area contributed by atoms with Crippen molar-refractivity contribution in [3.63, 3.8) is 0 Å². The number of carbonyl (C=O) groups excluding carboxylic acids is 2. The van der Waals surface area contributed by atoms with E-state index in [1.807, 2.05) is 42.3 Å². The van der Waals surface area contributed by atoms with Crippen LogP contribution in [0.25, 0.3) is 11.0 Å². The van der Waals surface area contributed by atoms with E-state index in [1.165, 1.54) is 12.4 Å². The number of rotatable bonds is 5. The summed E-state index contributed by atoms with van der Waals surface area (Å²) in [5.41, 5.74) is 2.77. The van der Waals surface area contributed by atoms with Crippen molar-refractivity contribution in [3.8, 4) is 17.2 Å². The minimum Gasteiger partial charge on any atom is -0.505 e. The molecule has 0 bridgehead atoms. The molecule has 0 aliphatic carbocycles. The van der Waals surface area contributed by atoms with Crippen molar-refractivity contribution in [2.75, 3.05) is 18.7 Å². The van der Waals surface area contributed by atoms with E-state index in [1.54, 1.807) is 18.2 Å². The van der Waals surface area contributed by atoms with Crippen LogP contribution in [0.3, 0.4) is 0 Å². The Hall–Kier alpha value is -4.66. The predicted molar refractivity (Wildman–Crippen MR) is 127 cm³/mol. The molecule has 6 rings (SSSR count). The summed E-state index contributed by atoms with van der Waals surface area (Å²) in [6, 6.07) is 15.0. The van der Waals surface area contributed by atoms with Crippen molar-refractivity contribution in [2.45, 2.75) is 13.1 Å². The monoisotopic (exact) mass is 468 g/mol. The molecule has 2 aliphatic heterocycles. The normalized spacial score (nSPS) is 14.0. The maximum atomic E-state index is 13.7. The molecular formula is C26H20N4O5. The number of carbonyl (C=O) groups is 2. The SMILES string of the molecule is CN(Cc1ccccc1)c1c2c(c(O)c3nccnc13)C(=O)N(Cc1ccc3c(c1)OCO3)C2=O. The topological polar surface area (TPSA) is 105 Å². The average molecular weight is 468 g/mol. The van der Waals surface area contributed by atoms with Gasteiger partial charge in [0.2, 0.25) is 6.79 Å². The molecule has 35 heavy (non-hydrogen) atoms. The summed E-state index contributed by atoms with van der Waals surface area (Å²) in [4.78, 5) is 38.8. The van der Waals surface area contributed by atoms with Crippen LogP contribution >= 0.6 is 0 Å². The highest BCUT2D eigenvalue weighted by Gasteiger charge is 2.43. The van der Waals surface area contributed by atoms with Gasteiger partial charge >= 0.3 is 0 Å². The quantitative estimate of drug-likeness (QED) is 0.444. The molecule has 0 unspecified atom stereocenters. The molecule has 0 radical (unpaired) electrons. The number of aromatic nitrogens is 2. The Labute approximate surface area is 200 Å². The van der Waals surface area contributed by atoms with E-state index in [2.05, 4.69) is 9.97 Å². The lowest BCUT2D eigenvalue weighted by molar-refractivity contribution is 0.0641. The van der Waals surface area contributed by atoms with Gasteiger partial charge in [-0.3, -0.25) is 19.5 Å². The molecule has 0 saturated heterocycles. The largest absolute Gasteiger partial charge is 0.505 e. The number of phenols is 1. The molecule has 174 valence electrons. The van der Waals surface area contributed by atoms with Crippen LogP contribution in [0.15, 0.2) is 60.9 Å². The van der Waals surface area contributed by atoms with Gasteiger partial charge in [-0.1, -0.05) is 36.4 Å². The van der Waals surface area contributed by atoms with Crippen LogP contribution in [0.5, 0.6) is 17.2 Å². The van der Waals surface area contributed by atoms with Gasteiger partial charge in [0, 0.05) is 26.0 Å². The van der Waals surface area contributed by atoms with E-state index in [9.17, 15) is 14.7 Å². The molecule has 2 amide bonds. The van der Waals surface area contributed by atoms with Crippen molar-refractivity contribution in [1.82, 2.24) is 14.9 Å². The average Bonchev–Trinajstić information content (AvgIpc) is 3.43. The van der Waals surface area contributed by atoms with Gasteiger partial charge in [0.1, 0.15) is 11.0 Å². The first-order valence-corrected chi connectivity index (χ1v) is 11.0. The zero-order valence-corrected chi connectivity index (χ0v) is 18.8. The summed E-state index contributed by atoms with van der Waals surface area (Å²) < 4.78 is 10.8. The van der Waals surface area contributed by atoms with Crippen LogP contribution < -0.4 is 14.4 Å². The molecule has 2 aliphatic rings. The second-order valence-electron chi connectivity index (χ2n) is 8.43. The molecule has 1 N–H and O–H groups in total. The molecule has 1 aromatic heterocycles. The molecule has 3 heterocycles. The van der Waals surface area contributed by atoms with Crippen LogP contribution in [0.1, 0.15) is 31.8 Å². The summed E-state index contributed by atoms with van der Waals surface area (Å²) >= 11 is 0. The Morgan fingerprint density at radius 3 is 2.43 bits per heavy atom. The van der Waals surface area contributed by atoms with Crippen LogP contribution in [0.2, 0.25) is 0 Å². The van der Waals surface area contributed by atoms with E-state index in [0.717, 1.165) is 10.5 Å². The van der Waals surface area contributed by atoms with E-state index in [-0.39, 0.29) is 35.7 Å². The number of nitrogens with zero attached hydrogens (tertiary/aromatic N) is 4. The minimum atomic E-state index is -0.581. The first kappa shape index (κ1) is 20.9. The van der Waals surface area contributed by atoms with Crippen LogP contribution in [-0.2, 0) is 13.1 Å². The number of benzene rings is 3. The summed E-state index contributed by atoms with van der Waals surface area (Å²) in [5.74, 6) is -0.250. The molecule has 0 atom stereocenters. The zero-order valence-electron chi connectivity index (χ0n) is 18.8. The van der Waals surface area contributed by atoms with Gasteiger partial charge in [-0.05, 0) is 23.3 Å². The number of aromatic hydroxyl groups is 1. The molecule has 9 nitrogen and oxygen atoms in total. The van der Waals surface area contributed by atoms with Gasteiger partial charge in [0.15, 0.2) is 17.2 Å². The van der Waals surface area contributed by atoms with E-state index in [4.69, 9.17) is 9.47 Å². The highest BCUT2D eigenvalue weighted by Crippen LogP contribution is 2.44. The second-order valence-corrected chi connectivity index (χ2v) is 8.43. The third kappa shape index (κ3) is 3.31. The lowest BCUT2D eigenvalue weighted by atomic mass is 10.0. The van der Waals surface area contributed by atoms with Crippen LogP contribution in [0.4, 0.5) is 5.69 Å². The minimum absolute atomic E-state index is 0.0153. The molecule has 9 heteroatoms. The highest BCUT2D eigenvalue weighted by molar-refractivity contribution is 6.28. The number of anilines is 1. The standard InChI is InChI=1S/C26H20N4O5/c1-29(12-15-5-3-2-4-6-15)23-19-20(24(31)22-21(23)27-9-10-28-22)26(33)30(25(19)32)13-16-7-8-17-18(11-16)35-14-34-17/h2-11,31H,12-14H2,1H3. The summed E-state index contributed by atoms with van der Waals surface area (Å²) in [6.45, 7) is 0.609. The summed E-state index contributed by atoms with van der Waals surface area (Å²) in [7, 11) is 1.83. The van der Waals surface area contributed by atoms with Gasteiger partial charge in [-0.2, -0.15) is 0 Å². The Balaban J connectivity index is 1.45. The molecular weight excluding hydrogens is 448 g/mol. The summed E-state index contributed by atoms with van der Waals surface area (Å²) in [5, 5.41) is 11.0. The van der Waals surface area contributed by atoms with E-state index >= 15 is 0 Å². The first-order chi connectivity index (χ1) is 17.0. The number of phenolic OH excluding ortho intramolecular Hbond substituents is 1. The molecule has 0 spiro atoms. The number of amides is 2. The van der Waals surface area contributed by atoms with Crippen molar-refractivity contribution in [1.29, 1.82) is 0 Å². The van der Waals surface area contributed by atoms with Crippen molar-refractivity contribution >= 4 is 28.5 Å². The predicted octanol–water partition coefficient (Wildman–Crippen LogP) is 3.50. The van der Waals surface area contributed by atoms with Crippen LogP contribution in [0, 0.1) is 0 Å². The molecule has 4 aromatic rings. The van der Waals surface area contributed by atoms with Crippen molar-refractivity contribution in [3.05, 3.63) is 83.2 Å². The number of imide groups is 1. The van der Waals surface area contributed by atoms with Gasteiger partial charge in [-0.15, -0.1) is 0 Å². The van der Waals surface area contributed by atoms with Gasteiger partial charge < -0.3 is 19.5 Å². The second kappa shape index (κ2) is 7.98. The maximum absolute atomic E-state index is 13.7. The Morgan fingerprint density at radius 1 is 0.914 bits per heavy atom. The zero-order chi connectivity index (χ0) is 24.1. The lowest BCUT2D eigenvalue weighted by Crippen LogP contribution is -2.29. The van der Waals surface area contributed by atoms with Gasteiger partial charge in [-0.25, -0.2) is 4.98 Å². The maximum Gasteiger partial charge on any atom is 0.265 e. The fraction of sp³-hybridized carbons (Fsp3) is 0.154. The molecule has 0 saturated carbocycles. The fourth-order valence-electron chi connectivity index (χ4n) is 4.61. The molecule has 0 fully saturated rings. The number of ether oxygens (including phenoxy) is 2. The molecule has 3 aromatic carbocycles. The number of fused-ring (bicyclic) bond motifs is 3. The van der Waals surface area contributed by atoms with Gasteiger partial charge in [0.05, 0.1) is 23.4 Å². The van der Waals surface area contributed by atoms with Crippen molar-refractivity contribution < 1.29 is 24.2 Å². The van der Waals surface area contributed by atoms with Gasteiger partial charge in [0.25, 0.3) is 11.8 Å². The first-order valence-electron chi connectivity index (χ1n) is 11.0. The fourth-order valence-corrected chi connectivity index (χ4v) is 4.61. The lowest BCUT2D eigenvalue weighted by Gasteiger charge is -2.23. The van der Waals surface area contributed by atoms with Crippen LogP contribution in [-0.4, -0.2) is 45.6 Å². The third-order valence-corrected chi connectivity index (χ3v) is 6.21. The highest BCUT2D eigenvalue weighted by atomic mass is 16.7. The number of hydrogen-bond donors (Lipinski definition) is 1. The number of hydrogen-bond acceptors (Lipinski definition) is 8. The Morgan fingerprint density at radius 2 is 1.63 bits per heavy atom. The van der Waals surface area contributed by atoms with E-state index < -0.39 is 11.8 Å². The van der Waals surface area contributed by atoms with Crippen molar-refractivity contribution in [2.24, 2.45) is 0 Å². The Bertz CT molecular complexity index is 1510. The smallest absolute Gasteiger partial charge is 0.265 e. The summed E-state index contributed by atoms with van der Waals surface area (Å²) in [6.07, 6.45) is 2.95. The van der Waals surface area contributed by atoms with E-state index in [0.29, 0.717) is 34.8 Å². The Kier molecular flexibility index (Phi) is 4.77. The third-order valence-electron chi connectivity index (χ3n) is 6.21.